The summed E-state index contributed by atoms with van der Waals surface area (Å²) >= 11 is 0. The zero-order valence-electron chi connectivity index (χ0n) is 10.6. The van der Waals surface area contributed by atoms with Crippen LogP contribution in [0.4, 0.5) is 0 Å². The van der Waals surface area contributed by atoms with Crippen molar-refractivity contribution in [1.82, 2.24) is 5.32 Å². The van der Waals surface area contributed by atoms with E-state index in [1.807, 2.05) is 13.8 Å². The number of phenols is 1. The molecule has 0 aliphatic heterocycles. The SMILES string of the molecule is CCC(C)(CN)NC(=O)c1ccc(O)c(C)c1. The van der Waals surface area contributed by atoms with Gasteiger partial charge < -0.3 is 16.2 Å². The Kier molecular flexibility index (Phi) is 4.12. The molecule has 1 atom stereocenters. The highest BCUT2D eigenvalue weighted by Crippen LogP contribution is 2.17. The Bertz CT molecular complexity index is 412. The van der Waals surface area contributed by atoms with Crippen LogP contribution in [0.2, 0.25) is 0 Å². The minimum absolute atomic E-state index is 0.164. The van der Waals surface area contributed by atoms with E-state index in [2.05, 4.69) is 5.32 Å². The monoisotopic (exact) mass is 236 g/mol. The molecule has 0 aliphatic carbocycles. The smallest absolute Gasteiger partial charge is 0.251 e. The summed E-state index contributed by atoms with van der Waals surface area (Å²) in [5.41, 5.74) is 6.48. The van der Waals surface area contributed by atoms with Gasteiger partial charge in [-0.3, -0.25) is 4.79 Å². The van der Waals surface area contributed by atoms with Crippen LogP contribution >= 0.6 is 0 Å². The Morgan fingerprint density at radius 1 is 1.53 bits per heavy atom. The Balaban J connectivity index is 2.86. The molecule has 0 spiro atoms. The third-order valence-corrected chi connectivity index (χ3v) is 3.11. The predicted molar refractivity (Wildman–Crippen MR) is 68.1 cm³/mol. The average molecular weight is 236 g/mol. The number of rotatable bonds is 4. The van der Waals surface area contributed by atoms with Crippen LogP contribution in [0.3, 0.4) is 0 Å². The van der Waals surface area contributed by atoms with Gasteiger partial charge in [0.05, 0.1) is 0 Å². The number of benzene rings is 1. The molecule has 0 radical (unpaired) electrons. The van der Waals surface area contributed by atoms with Gasteiger partial charge >= 0.3 is 0 Å². The second-order valence-electron chi connectivity index (χ2n) is 4.57. The second kappa shape index (κ2) is 5.19. The molecule has 1 aromatic carbocycles. The van der Waals surface area contributed by atoms with Crippen molar-refractivity contribution in [2.45, 2.75) is 32.7 Å². The highest BCUT2D eigenvalue weighted by molar-refractivity contribution is 5.95. The lowest BCUT2D eigenvalue weighted by molar-refractivity contribution is 0.0906. The molecule has 94 valence electrons. The van der Waals surface area contributed by atoms with Crippen molar-refractivity contribution in [3.05, 3.63) is 29.3 Å². The molecule has 0 heterocycles. The Morgan fingerprint density at radius 2 is 2.18 bits per heavy atom. The van der Waals surface area contributed by atoms with Crippen LogP contribution in [-0.4, -0.2) is 23.1 Å². The molecule has 0 bridgehead atoms. The molecule has 1 amide bonds. The molecule has 0 saturated carbocycles. The van der Waals surface area contributed by atoms with Gasteiger partial charge in [-0.2, -0.15) is 0 Å². The van der Waals surface area contributed by atoms with E-state index >= 15 is 0 Å². The first kappa shape index (κ1) is 13.5. The number of hydrogen-bond donors (Lipinski definition) is 3. The maximum atomic E-state index is 12.0. The van der Waals surface area contributed by atoms with E-state index in [0.29, 0.717) is 17.7 Å². The normalized spacial score (nSPS) is 14.1. The summed E-state index contributed by atoms with van der Waals surface area (Å²) in [7, 11) is 0. The molecular formula is C13H20N2O2. The van der Waals surface area contributed by atoms with Crippen molar-refractivity contribution >= 4 is 5.91 Å². The van der Waals surface area contributed by atoms with Crippen LogP contribution in [0.25, 0.3) is 0 Å². The number of phenolic OH excluding ortho intramolecular Hbond substituents is 1. The molecule has 1 rings (SSSR count). The first-order valence-corrected chi connectivity index (χ1v) is 5.74. The van der Waals surface area contributed by atoms with Gasteiger partial charge in [0.15, 0.2) is 0 Å². The summed E-state index contributed by atoms with van der Waals surface area (Å²) in [6.07, 6.45) is 0.770. The first-order valence-electron chi connectivity index (χ1n) is 5.74. The molecule has 0 saturated heterocycles. The van der Waals surface area contributed by atoms with Crippen molar-refractivity contribution in [2.75, 3.05) is 6.54 Å². The molecule has 17 heavy (non-hydrogen) atoms. The molecular weight excluding hydrogens is 216 g/mol. The quantitative estimate of drug-likeness (QED) is 0.742. The molecule has 0 fully saturated rings. The number of amides is 1. The lowest BCUT2D eigenvalue weighted by Gasteiger charge is -2.28. The van der Waals surface area contributed by atoms with E-state index in [9.17, 15) is 9.90 Å². The summed E-state index contributed by atoms with van der Waals surface area (Å²) in [5, 5.41) is 12.3. The van der Waals surface area contributed by atoms with Gasteiger partial charge in [-0.15, -0.1) is 0 Å². The van der Waals surface area contributed by atoms with Gasteiger partial charge in [0.2, 0.25) is 0 Å². The van der Waals surface area contributed by atoms with Crippen LogP contribution in [-0.2, 0) is 0 Å². The van der Waals surface area contributed by atoms with Crippen LogP contribution in [0.5, 0.6) is 5.75 Å². The fraction of sp³-hybridized carbons (Fsp3) is 0.462. The summed E-state index contributed by atoms with van der Waals surface area (Å²) in [6, 6.07) is 4.79. The van der Waals surface area contributed by atoms with Crippen LogP contribution in [0.1, 0.15) is 36.2 Å². The number of hydrogen-bond acceptors (Lipinski definition) is 3. The van der Waals surface area contributed by atoms with E-state index in [1.54, 1.807) is 19.1 Å². The fourth-order valence-electron chi connectivity index (χ4n) is 1.43. The van der Waals surface area contributed by atoms with E-state index in [4.69, 9.17) is 5.73 Å². The van der Waals surface area contributed by atoms with Crippen molar-refractivity contribution in [1.29, 1.82) is 0 Å². The van der Waals surface area contributed by atoms with Gasteiger partial charge in [-0.25, -0.2) is 0 Å². The minimum Gasteiger partial charge on any atom is -0.508 e. The van der Waals surface area contributed by atoms with E-state index in [-0.39, 0.29) is 17.2 Å². The largest absolute Gasteiger partial charge is 0.508 e. The minimum atomic E-state index is -0.386. The van der Waals surface area contributed by atoms with Gasteiger partial charge in [0.25, 0.3) is 5.91 Å². The van der Waals surface area contributed by atoms with Gasteiger partial charge in [-0.05, 0) is 44.0 Å². The van der Waals surface area contributed by atoms with Crippen molar-refractivity contribution < 1.29 is 9.90 Å². The highest BCUT2D eigenvalue weighted by atomic mass is 16.3. The Hall–Kier alpha value is -1.55. The number of nitrogens with two attached hydrogens (primary N) is 1. The standard InChI is InChI=1S/C13H20N2O2/c1-4-13(3,8-14)15-12(17)10-5-6-11(16)9(2)7-10/h5-7,16H,4,8,14H2,1-3H3,(H,15,17). The topological polar surface area (TPSA) is 75.3 Å². The summed E-state index contributed by atoms with van der Waals surface area (Å²) in [6.45, 7) is 6.05. The number of carbonyl (C=O) groups is 1. The molecule has 1 unspecified atom stereocenters. The lowest BCUT2D eigenvalue weighted by atomic mass is 9.98. The maximum absolute atomic E-state index is 12.0. The molecule has 0 aromatic heterocycles. The van der Waals surface area contributed by atoms with Crippen molar-refractivity contribution in [3.63, 3.8) is 0 Å². The summed E-state index contributed by atoms with van der Waals surface area (Å²) in [4.78, 5) is 12.0. The predicted octanol–water partition coefficient (Wildman–Crippen LogP) is 1.56. The molecule has 4 N–H and O–H groups in total. The van der Waals surface area contributed by atoms with Gasteiger partial charge in [0.1, 0.15) is 5.75 Å². The zero-order chi connectivity index (χ0) is 13.1. The average Bonchev–Trinajstić information content (AvgIpc) is 2.32. The maximum Gasteiger partial charge on any atom is 0.251 e. The summed E-state index contributed by atoms with van der Waals surface area (Å²) < 4.78 is 0. The Morgan fingerprint density at radius 3 is 2.65 bits per heavy atom. The van der Waals surface area contributed by atoms with Gasteiger partial charge in [-0.1, -0.05) is 6.92 Å². The van der Waals surface area contributed by atoms with E-state index in [0.717, 1.165) is 6.42 Å². The third-order valence-electron chi connectivity index (χ3n) is 3.11. The summed E-state index contributed by atoms with van der Waals surface area (Å²) in [5.74, 6) is 0.0292. The van der Waals surface area contributed by atoms with E-state index in [1.165, 1.54) is 6.07 Å². The van der Waals surface area contributed by atoms with Crippen LogP contribution in [0.15, 0.2) is 18.2 Å². The van der Waals surface area contributed by atoms with Crippen molar-refractivity contribution in [3.8, 4) is 5.75 Å². The first-order chi connectivity index (χ1) is 7.91. The van der Waals surface area contributed by atoms with Crippen LogP contribution in [0, 0.1) is 6.92 Å². The second-order valence-corrected chi connectivity index (χ2v) is 4.57. The number of nitrogens with one attached hydrogen (secondary N) is 1. The fourth-order valence-corrected chi connectivity index (χ4v) is 1.43. The molecule has 0 aliphatic rings. The number of aromatic hydroxyl groups is 1. The number of aryl methyl sites for hydroxylation is 1. The van der Waals surface area contributed by atoms with Crippen molar-refractivity contribution in [2.24, 2.45) is 5.73 Å². The highest BCUT2D eigenvalue weighted by Gasteiger charge is 2.23. The third kappa shape index (κ3) is 3.20. The molecule has 1 aromatic rings. The van der Waals surface area contributed by atoms with Crippen LogP contribution < -0.4 is 11.1 Å². The van der Waals surface area contributed by atoms with E-state index < -0.39 is 0 Å². The van der Waals surface area contributed by atoms with Gasteiger partial charge in [0, 0.05) is 17.6 Å². The number of carbonyl (C=O) groups excluding carboxylic acids is 1. The Labute approximate surface area is 102 Å². The molecule has 4 heteroatoms. The zero-order valence-corrected chi connectivity index (χ0v) is 10.6. The lowest BCUT2D eigenvalue weighted by Crippen LogP contribution is -2.50. The molecule has 4 nitrogen and oxygen atoms in total.